The van der Waals surface area contributed by atoms with Crippen LogP contribution < -0.4 is 14.2 Å². The van der Waals surface area contributed by atoms with Crippen molar-refractivity contribution in [1.29, 1.82) is 0 Å². The molecule has 3 heterocycles. The third kappa shape index (κ3) is 10.4. The zero-order valence-corrected chi connectivity index (χ0v) is 21.8. The molecule has 0 spiro atoms. The third-order valence-corrected chi connectivity index (χ3v) is 5.94. The summed E-state index contributed by atoms with van der Waals surface area (Å²) in [4.78, 5) is 0. The molecule has 0 N–H and O–H groups in total. The molecule has 0 saturated carbocycles. The van der Waals surface area contributed by atoms with Gasteiger partial charge in [-0.05, 0) is 48.2 Å². The lowest BCUT2D eigenvalue weighted by Crippen LogP contribution is -2.05. The van der Waals surface area contributed by atoms with Crippen LogP contribution in [0.2, 0.25) is 0 Å². The first kappa shape index (κ1) is 27.0. The Balaban J connectivity index is 0.000000130. The van der Waals surface area contributed by atoms with Crippen molar-refractivity contribution in [2.45, 2.75) is 45.0 Å². The van der Waals surface area contributed by atoms with Gasteiger partial charge in [0.05, 0.1) is 19.8 Å². The Morgan fingerprint density at radius 3 is 1.32 bits per heavy atom. The van der Waals surface area contributed by atoms with E-state index in [1.54, 1.807) is 0 Å². The lowest BCUT2D eigenvalue weighted by Gasteiger charge is -2.08. The molecular weight excluding hydrogens is 468 g/mol. The van der Waals surface area contributed by atoms with E-state index in [-0.39, 0.29) is 0 Å². The van der Waals surface area contributed by atoms with E-state index in [1.807, 2.05) is 66.7 Å². The molecule has 0 bridgehead atoms. The monoisotopic (exact) mass is 506 g/mol. The van der Waals surface area contributed by atoms with Gasteiger partial charge in [-0.3, -0.25) is 0 Å². The summed E-state index contributed by atoms with van der Waals surface area (Å²) in [5, 5.41) is 0. The first-order valence-electron chi connectivity index (χ1n) is 13.2. The second-order valence-corrected chi connectivity index (χ2v) is 9.03. The van der Waals surface area contributed by atoms with Gasteiger partial charge in [-0.25, -0.2) is 0 Å². The van der Waals surface area contributed by atoms with Crippen molar-refractivity contribution in [3.05, 3.63) is 90.0 Å². The average Bonchev–Trinajstić information content (AvgIpc) is 3.80. The number of epoxide rings is 3. The summed E-state index contributed by atoms with van der Waals surface area (Å²) < 4.78 is 31.8. The molecular formula is C31H38O6. The molecule has 37 heavy (non-hydrogen) atoms. The van der Waals surface area contributed by atoms with Crippen LogP contribution in [0.3, 0.4) is 0 Å². The second kappa shape index (κ2) is 14.6. The quantitative estimate of drug-likeness (QED) is 0.319. The number of ether oxygens (including phenoxy) is 6. The van der Waals surface area contributed by atoms with Crippen LogP contribution in [0.15, 0.2) is 78.9 Å². The highest BCUT2D eigenvalue weighted by Gasteiger charge is 2.24. The SMILES string of the molecule is CCc1ccccc1OCC1CO1.CCc1ccccc1OCC1CO1.c1ccc(OCC2CO2)cc1. The molecule has 3 aromatic rings. The molecule has 3 fully saturated rings. The fourth-order valence-corrected chi connectivity index (χ4v) is 3.44. The highest BCUT2D eigenvalue weighted by molar-refractivity contribution is 5.34. The number of para-hydroxylation sites is 3. The number of hydrogen-bond acceptors (Lipinski definition) is 6. The van der Waals surface area contributed by atoms with E-state index < -0.39 is 0 Å². The zero-order chi connectivity index (χ0) is 25.7. The largest absolute Gasteiger partial charge is 0.491 e. The molecule has 198 valence electrons. The Labute approximate surface area is 220 Å². The van der Waals surface area contributed by atoms with E-state index in [9.17, 15) is 0 Å². The van der Waals surface area contributed by atoms with Crippen LogP contribution in [0.1, 0.15) is 25.0 Å². The summed E-state index contributed by atoms with van der Waals surface area (Å²) in [5.41, 5.74) is 2.53. The summed E-state index contributed by atoms with van der Waals surface area (Å²) in [6.45, 7) is 8.90. The van der Waals surface area contributed by atoms with Gasteiger partial charge in [-0.1, -0.05) is 68.4 Å². The molecule has 6 nitrogen and oxygen atoms in total. The normalized spacial score (nSPS) is 20.3. The van der Waals surface area contributed by atoms with Crippen molar-refractivity contribution < 1.29 is 28.4 Å². The van der Waals surface area contributed by atoms with Crippen molar-refractivity contribution in [2.24, 2.45) is 0 Å². The van der Waals surface area contributed by atoms with E-state index in [1.165, 1.54) is 11.1 Å². The maximum absolute atomic E-state index is 5.63. The smallest absolute Gasteiger partial charge is 0.122 e. The Bertz CT molecular complexity index is 985. The molecule has 0 amide bonds. The van der Waals surface area contributed by atoms with Crippen LogP contribution >= 0.6 is 0 Å². The Hall–Kier alpha value is -3.06. The lowest BCUT2D eigenvalue weighted by molar-refractivity contribution is 0.261. The molecule has 3 saturated heterocycles. The molecule has 3 atom stereocenters. The highest BCUT2D eigenvalue weighted by Crippen LogP contribution is 2.21. The van der Waals surface area contributed by atoms with Crippen LogP contribution in [0.4, 0.5) is 0 Å². The number of benzene rings is 3. The first-order valence-corrected chi connectivity index (χ1v) is 13.2. The topological polar surface area (TPSA) is 65.3 Å². The van der Waals surface area contributed by atoms with Gasteiger partial charge in [-0.15, -0.1) is 0 Å². The zero-order valence-electron chi connectivity index (χ0n) is 21.8. The van der Waals surface area contributed by atoms with Crippen molar-refractivity contribution >= 4 is 0 Å². The first-order chi connectivity index (χ1) is 18.2. The van der Waals surface area contributed by atoms with Crippen LogP contribution in [-0.2, 0) is 27.1 Å². The van der Waals surface area contributed by atoms with Crippen LogP contribution in [0.25, 0.3) is 0 Å². The van der Waals surface area contributed by atoms with Gasteiger partial charge in [-0.2, -0.15) is 0 Å². The number of rotatable bonds is 11. The number of aryl methyl sites for hydroxylation is 2. The standard InChI is InChI=1S/2C11H14O2.C9H10O2/c2*1-2-9-5-3-4-6-11(9)13-8-10-7-12-10;1-2-4-8(5-3-1)10-6-9-7-11-9/h2*3-6,10H,2,7-8H2,1H3;1-5,9H,6-7H2. The summed E-state index contributed by atoms with van der Waals surface area (Å²) in [6.07, 6.45) is 3.05. The van der Waals surface area contributed by atoms with Gasteiger partial charge >= 0.3 is 0 Å². The average molecular weight is 507 g/mol. The van der Waals surface area contributed by atoms with Gasteiger partial charge < -0.3 is 28.4 Å². The molecule has 0 aliphatic carbocycles. The minimum atomic E-state index is 0.338. The highest BCUT2D eigenvalue weighted by atomic mass is 16.6. The van der Waals surface area contributed by atoms with E-state index in [2.05, 4.69) is 26.0 Å². The minimum Gasteiger partial charge on any atom is -0.491 e. The minimum absolute atomic E-state index is 0.338. The second-order valence-electron chi connectivity index (χ2n) is 9.03. The van der Waals surface area contributed by atoms with Crippen molar-refractivity contribution in [3.63, 3.8) is 0 Å². The fourth-order valence-electron chi connectivity index (χ4n) is 3.44. The summed E-state index contributed by atoms with van der Waals surface area (Å²) >= 11 is 0. The number of hydrogen-bond donors (Lipinski definition) is 0. The molecule has 3 unspecified atom stereocenters. The predicted octanol–water partition coefficient (Wildman–Crippen LogP) is 5.52. The molecule has 3 aliphatic heterocycles. The van der Waals surface area contributed by atoms with Gasteiger partial charge in [0.2, 0.25) is 0 Å². The molecule has 3 aromatic carbocycles. The Morgan fingerprint density at radius 2 is 0.919 bits per heavy atom. The van der Waals surface area contributed by atoms with Crippen molar-refractivity contribution in [3.8, 4) is 17.2 Å². The van der Waals surface area contributed by atoms with Gasteiger partial charge in [0.1, 0.15) is 55.4 Å². The van der Waals surface area contributed by atoms with E-state index in [4.69, 9.17) is 28.4 Å². The molecule has 6 rings (SSSR count). The molecule has 6 heteroatoms. The predicted molar refractivity (Wildman–Crippen MR) is 144 cm³/mol. The summed E-state index contributed by atoms with van der Waals surface area (Å²) in [7, 11) is 0. The fraction of sp³-hybridized carbons (Fsp3) is 0.419. The van der Waals surface area contributed by atoms with E-state index >= 15 is 0 Å². The Morgan fingerprint density at radius 1 is 0.541 bits per heavy atom. The third-order valence-electron chi connectivity index (χ3n) is 5.94. The lowest BCUT2D eigenvalue weighted by atomic mass is 10.1. The molecule has 0 aromatic heterocycles. The van der Waals surface area contributed by atoms with Crippen molar-refractivity contribution in [1.82, 2.24) is 0 Å². The summed E-state index contributed by atoms with van der Waals surface area (Å²) in [6, 6.07) is 26.1. The molecule has 0 radical (unpaired) electrons. The summed E-state index contributed by atoms with van der Waals surface area (Å²) in [5.74, 6) is 2.92. The van der Waals surface area contributed by atoms with Crippen LogP contribution in [0.5, 0.6) is 17.2 Å². The van der Waals surface area contributed by atoms with Crippen molar-refractivity contribution in [2.75, 3.05) is 39.6 Å². The van der Waals surface area contributed by atoms with E-state index in [0.717, 1.165) is 49.9 Å². The molecule has 3 aliphatic rings. The van der Waals surface area contributed by atoms with Gasteiger partial charge in [0.25, 0.3) is 0 Å². The van der Waals surface area contributed by atoms with Crippen LogP contribution in [0, 0.1) is 0 Å². The van der Waals surface area contributed by atoms with Gasteiger partial charge in [0, 0.05) is 0 Å². The maximum atomic E-state index is 5.63. The van der Waals surface area contributed by atoms with Gasteiger partial charge in [0.15, 0.2) is 0 Å². The Kier molecular flexibility index (Phi) is 10.7. The maximum Gasteiger partial charge on any atom is 0.122 e. The van der Waals surface area contributed by atoms with Crippen LogP contribution in [-0.4, -0.2) is 58.0 Å². The van der Waals surface area contributed by atoms with E-state index in [0.29, 0.717) is 38.1 Å².